The predicted octanol–water partition coefficient (Wildman–Crippen LogP) is 4.06. The first-order chi connectivity index (χ1) is 14.7. The maximum Gasteiger partial charge on any atom is 0.316 e. The Morgan fingerprint density at radius 2 is 1.73 bits per heavy atom. The highest BCUT2D eigenvalue weighted by molar-refractivity contribution is 5.89. The predicted molar refractivity (Wildman–Crippen MR) is 115 cm³/mol. The quantitative estimate of drug-likeness (QED) is 0.665. The number of benzene rings is 2. The molecule has 0 unspecified atom stereocenters. The molecule has 0 bridgehead atoms. The van der Waals surface area contributed by atoms with Gasteiger partial charge in [0.1, 0.15) is 5.75 Å². The van der Waals surface area contributed by atoms with E-state index in [1.165, 1.54) is 31.4 Å². The van der Waals surface area contributed by atoms with E-state index >= 15 is 0 Å². The minimum Gasteiger partial charge on any atom is -0.497 e. The summed E-state index contributed by atoms with van der Waals surface area (Å²) in [6.07, 6.45) is 5.09. The Morgan fingerprint density at radius 3 is 2.40 bits per heavy atom. The number of aromatic nitrogens is 2. The second-order valence-electron chi connectivity index (χ2n) is 7.40. The zero-order chi connectivity index (χ0) is 20.8. The van der Waals surface area contributed by atoms with Crippen LogP contribution in [0.2, 0.25) is 0 Å². The first kappa shape index (κ1) is 19.9. The Hall–Kier alpha value is -3.35. The van der Waals surface area contributed by atoms with Crippen molar-refractivity contribution in [2.75, 3.05) is 25.1 Å². The van der Waals surface area contributed by atoms with Crippen molar-refractivity contribution in [3.63, 3.8) is 0 Å². The number of carbonyl (C=O) groups is 1. The lowest BCUT2D eigenvalue weighted by atomic mass is 10.2. The van der Waals surface area contributed by atoms with Crippen LogP contribution in [0.3, 0.4) is 0 Å². The van der Waals surface area contributed by atoms with Crippen molar-refractivity contribution in [3.8, 4) is 17.1 Å². The molecule has 1 N–H and O–H groups in total. The van der Waals surface area contributed by atoms with Crippen molar-refractivity contribution in [1.82, 2.24) is 15.5 Å². The molecule has 1 fully saturated rings. The van der Waals surface area contributed by atoms with Crippen LogP contribution >= 0.6 is 0 Å². The first-order valence-electron chi connectivity index (χ1n) is 10.3. The number of hydrogen-bond donors (Lipinski definition) is 1. The lowest BCUT2D eigenvalue weighted by Gasteiger charge is -2.22. The smallest absolute Gasteiger partial charge is 0.316 e. The summed E-state index contributed by atoms with van der Waals surface area (Å²) in [6, 6.07) is 15.6. The van der Waals surface area contributed by atoms with Gasteiger partial charge in [0.25, 0.3) is 0 Å². The van der Waals surface area contributed by atoms with Gasteiger partial charge in [-0.3, -0.25) is 4.79 Å². The third kappa shape index (κ3) is 4.79. The molecule has 7 nitrogen and oxygen atoms in total. The van der Waals surface area contributed by atoms with Gasteiger partial charge in [-0.2, -0.15) is 4.98 Å². The first-order valence-corrected chi connectivity index (χ1v) is 10.3. The van der Waals surface area contributed by atoms with Crippen LogP contribution in [0.25, 0.3) is 11.4 Å². The molecule has 3 aromatic rings. The number of nitrogens with one attached hydrogen (secondary N) is 1. The van der Waals surface area contributed by atoms with Gasteiger partial charge in [0.15, 0.2) is 0 Å². The molecule has 30 heavy (non-hydrogen) atoms. The second kappa shape index (κ2) is 9.43. The van der Waals surface area contributed by atoms with Crippen LogP contribution < -0.4 is 15.0 Å². The average Bonchev–Trinajstić information content (AvgIpc) is 3.14. The van der Waals surface area contributed by atoms with Crippen LogP contribution in [0.4, 0.5) is 5.69 Å². The van der Waals surface area contributed by atoms with Crippen molar-refractivity contribution in [2.24, 2.45) is 0 Å². The number of hydrogen-bond acceptors (Lipinski definition) is 6. The zero-order valence-electron chi connectivity index (χ0n) is 17.1. The SMILES string of the molecule is COc1ccc(CNC(=O)c2nc(-c3ccc(N4CCCCCC4)cc3)no2)cc1. The van der Waals surface area contributed by atoms with Gasteiger partial charge in [0.05, 0.1) is 7.11 Å². The Bertz CT molecular complexity index is 959. The molecule has 0 radical (unpaired) electrons. The van der Waals surface area contributed by atoms with E-state index in [0.29, 0.717) is 12.4 Å². The number of rotatable bonds is 6. The molecule has 1 aliphatic rings. The van der Waals surface area contributed by atoms with E-state index in [9.17, 15) is 4.79 Å². The zero-order valence-corrected chi connectivity index (χ0v) is 17.1. The largest absolute Gasteiger partial charge is 0.497 e. The van der Waals surface area contributed by atoms with Gasteiger partial charge < -0.3 is 19.5 Å². The van der Waals surface area contributed by atoms with Gasteiger partial charge in [-0.05, 0) is 54.8 Å². The number of amides is 1. The van der Waals surface area contributed by atoms with Gasteiger partial charge in [0, 0.05) is 30.9 Å². The molecule has 2 aromatic carbocycles. The van der Waals surface area contributed by atoms with Crippen molar-refractivity contribution in [2.45, 2.75) is 32.2 Å². The molecule has 0 spiro atoms. The van der Waals surface area contributed by atoms with Crippen molar-refractivity contribution >= 4 is 11.6 Å². The molecule has 156 valence electrons. The summed E-state index contributed by atoms with van der Waals surface area (Å²) < 4.78 is 10.3. The van der Waals surface area contributed by atoms with Crippen LogP contribution in [0.1, 0.15) is 41.9 Å². The normalized spacial score (nSPS) is 14.2. The summed E-state index contributed by atoms with van der Waals surface area (Å²) in [4.78, 5) is 19.0. The van der Waals surface area contributed by atoms with Gasteiger partial charge >= 0.3 is 11.8 Å². The molecule has 7 heteroatoms. The van der Waals surface area contributed by atoms with E-state index < -0.39 is 5.91 Å². The lowest BCUT2D eigenvalue weighted by Crippen LogP contribution is -2.23. The molecule has 1 saturated heterocycles. The molecule has 1 aliphatic heterocycles. The Labute approximate surface area is 176 Å². The third-order valence-corrected chi connectivity index (χ3v) is 5.33. The molecule has 0 atom stereocenters. The van der Waals surface area contributed by atoms with Crippen molar-refractivity contribution in [1.29, 1.82) is 0 Å². The molecule has 4 rings (SSSR count). The maximum atomic E-state index is 12.3. The van der Waals surface area contributed by atoms with Gasteiger partial charge in [-0.1, -0.05) is 30.1 Å². The van der Waals surface area contributed by atoms with Crippen LogP contribution in [-0.4, -0.2) is 36.2 Å². The van der Waals surface area contributed by atoms with Gasteiger partial charge in [-0.25, -0.2) is 0 Å². The van der Waals surface area contributed by atoms with Gasteiger partial charge in [0.2, 0.25) is 5.82 Å². The van der Waals surface area contributed by atoms with E-state index in [1.807, 2.05) is 36.4 Å². The average molecular weight is 406 g/mol. The fraction of sp³-hybridized carbons (Fsp3) is 0.348. The monoisotopic (exact) mass is 406 g/mol. The van der Waals surface area contributed by atoms with Crippen LogP contribution in [0.15, 0.2) is 53.1 Å². The van der Waals surface area contributed by atoms with E-state index in [1.54, 1.807) is 7.11 Å². The highest BCUT2D eigenvalue weighted by Crippen LogP contribution is 2.23. The van der Waals surface area contributed by atoms with Crippen molar-refractivity contribution < 1.29 is 14.1 Å². The minimum absolute atomic E-state index is 0.0462. The highest BCUT2D eigenvalue weighted by atomic mass is 16.5. The number of nitrogens with zero attached hydrogens (tertiary/aromatic N) is 3. The number of ether oxygens (including phenoxy) is 1. The molecule has 1 amide bonds. The highest BCUT2D eigenvalue weighted by Gasteiger charge is 2.16. The fourth-order valence-electron chi connectivity index (χ4n) is 3.58. The molecular weight excluding hydrogens is 380 g/mol. The Kier molecular flexibility index (Phi) is 6.27. The maximum absolute atomic E-state index is 12.3. The van der Waals surface area contributed by atoms with E-state index in [4.69, 9.17) is 9.26 Å². The van der Waals surface area contributed by atoms with Crippen molar-refractivity contribution in [3.05, 3.63) is 60.0 Å². The van der Waals surface area contributed by atoms with E-state index in [2.05, 4.69) is 32.5 Å². The number of methoxy groups -OCH3 is 1. The molecule has 2 heterocycles. The third-order valence-electron chi connectivity index (χ3n) is 5.33. The summed E-state index contributed by atoms with van der Waals surface area (Å²) >= 11 is 0. The topological polar surface area (TPSA) is 80.5 Å². The summed E-state index contributed by atoms with van der Waals surface area (Å²) in [6.45, 7) is 2.56. The molecule has 0 aliphatic carbocycles. The number of anilines is 1. The fourth-order valence-corrected chi connectivity index (χ4v) is 3.58. The Balaban J connectivity index is 1.37. The summed E-state index contributed by atoms with van der Waals surface area (Å²) in [5.41, 5.74) is 2.99. The molecule has 1 aromatic heterocycles. The summed E-state index contributed by atoms with van der Waals surface area (Å²) in [5.74, 6) is 0.737. The summed E-state index contributed by atoms with van der Waals surface area (Å²) in [7, 11) is 1.62. The lowest BCUT2D eigenvalue weighted by molar-refractivity contribution is 0.0907. The Morgan fingerprint density at radius 1 is 1.03 bits per heavy atom. The summed E-state index contributed by atoms with van der Waals surface area (Å²) in [5, 5.41) is 6.76. The standard InChI is InChI=1S/C23H26N4O3/c1-29-20-12-6-17(7-13-20)16-24-22(28)23-25-21(26-30-23)18-8-10-19(11-9-18)27-14-4-2-3-5-15-27/h6-13H,2-5,14-16H2,1H3,(H,24,28). The minimum atomic E-state index is -0.397. The number of carbonyl (C=O) groups excluding carboxylic acids is 1. The van der Waals surface area contributed by atoms with E-state index in [0.717, 1.165) is 30.0 Å². The van der Waals surface area contributed by atoms with E-state index in [-0.39, 0.29) is 5.89 Å². The van der Waals surface area contributed by atoms with Gasteiger partial charge in [-0.15, -0.1) is 0 Å². The second-order valence-corrected chi connectivity index (χ2v) is 7.40. The van der Waals surface area contributed by atoms with Crippen LogP contribution in [0.5, 0.6) is 5.75 Å². The molecule has 0 saturated carbocycles. The van der Waals surface area contributed by atoms with Crippen LogP contribution in [-0.2, 0) is 6.54 Å². The van der Waals surface area contributed by atoms with Crippen LogP contribution in [0, 0.1) is 0 Å². The molecular formula is C23H26N4O3.